The van der Waals surface area contributed by atoms with Crippen LogP contribution in [-0.4, -0.2) is 16.5 Å². The van der Waals surface area contributed by atoms with Crippen LogP contribution in [0.2, 0.25) is 0 Å². The van der Waals surface area contributed by atoms with E-state index in [9.17, 15) is 4.39 Å². The van der Waals surface area contributed by atoms with Gasteiger partial charge in [-0.2, -0.15) is 16.9 Å². The summed E-state index contributed by atoms with van der Waals surface area (Å²) >= 11 is 1.63. The lowest BCUT2D eigenvalue weighted by Crippen LogP contribution is -2.14. The van der Waals surface area contributed by atoms with E-state index in [0.29, 0.717) is 5.56 Å². The van der Waals surface area contributed by atoms with Gasteiger partial charge in [0.2, 0.25) is 0 Å². The van der Waals surface area contributed by atoms with Crippen molar-refractivity contribution in [2.45, 2.75) is 25.5 Å². The number of nitrogens with zero attached hydrogens (tertiary/aromatic N) is 1. The van der Waals surface area contributed by atoms with Crippen LogP contribution in [0.1, 0.15) is 25.1 Å². The van der Waals surface area contributed by atoms with Gasteiger partial charge >= 0.3 is 0 Å². The number of aromatic nitrogens is 2. The first-order chi connectivity index (χ1) is 7.47. The van der Waals surface area contributed by atoms with E-state index in [4.69, 9.17) is 0 Å². The third-order valence-corrected chi connectivity index (χ3v) is 4.22. The van der Waals surface area contributed by atoms with Gasteiger partial charge in [0.05, 0.1) is 11.2 Å². The number of fused-ring (bicyclic) bond motifs is 1. The summed E-state index contributed by atoms with van der Waals surface area (Å²) in [4.78, 5) is 0. The number of aryl methyl sites for hydroxylation is 1. The van der Waals surface area contributed by atoms with Gasteiger partial charge in [-0.1, -0.05) is 0 Å². The fourth-order valence-electron chi connectivity index (χ4n) is 1.89. The van der Waals surface area contributed by atoms with Crippen LogP contribution >= 0.6 is 11.8 Å². The Balaban J connectivity index is 2.81. The molecule has 0 amide bonds. The number of nitrogens with one attached hydrogen (secondary N) is 1. The van der Waals surface area contributed by atoms with E-state index in [2.05, 4.69) is 10.2 Å². The Labute approximate surface area is 98.6 Å². The second kappa shape index (κ2) is 3.77. The summed E-state index contributed by atoms with van der Waals surface area (Å²) in [6, 6.07) is 3.31. The normalized spacial score (nSPS) is 12.3. The second-order valence-electron chi connectivity index (χ2n) is 4.37. The fourth-order valence-corrected chi connectivity index (χ4v) is 2.29. The summed E-state index contributed by atoms with van der Waals surface area (Å²) < 4.78 is 13.7. The Morgan fingerprint density at radius 1 is 1.38 bits per heavy atom. The van der Waals surface area contributed by atoms with Crippen LogP contribution in [0.4, 0.5) is 4.39 Å². The van der Waals surface area contributed by atoms with Crippen LogP contribution in [0.25, 0.3) is 10.9 Å². The molecule has 0 aliphatic rings. The van der Waals surface area contributed by atoms with Crippen molar-refractivity contribution in [3.05, 3.63) is 29.2 Å². The van der Waals surface area contributed by atoms with Crippen LogP contribution in [-0.2, 0) is 4.75 Å². The molecule has 4 heteroatoms. The molecule has 0 unspecified atom stereocenters. The Morgan fingerprint density at radius 3 is 2.69 bits per heavy atom. The highest BCUT2D eigenvalue weighted by atomic mass is 32.2. The van der Waals surface area contributed by atoms with Gasteiger partial charge in [0.25, 0.3) is 0 Å². The van der Waals surface area contributed by atoms with Crippen molar-refractivity contribution >= 4 is 22.7 Å². The molecule has 16 heavy (non-hydrogen) atoms. The van der Waals surface area contributed by atoms with Crippen molar-refractivity contribution in [2.24, 2.45) is 0 Å². The fraction of sp³-hybridized carbons (Fsp3) is 0.417. The number of halogens is 1. The smallest absolute Gasteiger partial charge is 0.129 e. The largest absolute Gasteiger partial charge is 0.277 e. The van der Waals surface area contributed by atoms with Gasteiger partial charge in [-0.25, -0.2) is 4.39 Å². The summed E-state index contributed by atoms with van der Waals surface area (Å²) in [6.07, 6.45) is 1.99. The lowest BCUT2D eigenvalue weighted by molar-refractivity contribution is 0.590. The molecule has 0 aliphatic carbocycles. The van der Waals surface area contributed by atoms with Crippen molar-refractivity contribution in [3.8, 4) is 0 Å². The minimum atomic E-state index is -0.261. The second-order valence-corrected chi connectivity index (χ2v) is 5.80. The molecule has 1 aromatic carbocycles. The standard InChI is InChI=1S/C12H15FN2S/c1-7-8-5-6-9(13)10(11(8)15-14-7)12(2,3)16-4/h5-6H,1-4H3,(H,14,15). The van der Waals surface area contributed by atoms with Crippen LogP contribution in [0.5, 0.6) is 0 Å². The zero-order valence-electron chi connectivity index (χ0n) is 9.89. The maximum absolute atomic E-state index is 14.0. The molecule has 2 rings (SSSR count). The Morgan fingerprint density at radius 2 is 2.06 bits per heavy atom. The van der Waals surface area contributed by atoms with Gasteiger partial charge in [-0.3, -0.25) is 5.10 Å². The molecule has 0 saturated carbocycles. The molecule has 0 bridgehead atoms. The van der Waals surface area contributed by atoms with Gasteiger partial charge in [0.1, 0.15) is 5.82 Å². The van der Waals surface area contributed by atoms with Gasteiger partial charge in [0.15, 0.2) is 0 Å². The summed E-state index contributed by atoms with van der Waals surface area (Å²) in [5.41, 5.74) is 2.43. The van der Waals surface area contributed by atoms with Gasteiger partial charge in [0, 0.05) is 15.7 Å². The van der Waals surface area contributed by atoms with Crippen LogP contribution < -0.4 is 0 Å². The first kappa shape index (κ1) is 11.5. The van der Waals surface area contributed by atoms with Crippen LogP contribution in [0, 0.1) is 12.7 Å². The highest BCUT2D eigenvalue weighted by Crippen LogP contribution is 2.39. The highest BCUT2D eigenvalue weighted by Gasteiger charge is 2.26. The zero-order valence-corrected chi connectivity index (χ0v) is 10.7. The molecular weight excluding hydrogens is 223 g/mol. The molecule has 0 radical (unpaired) electrons. The van der Waals surface area contributed by atoms with E-state index < -0.39 is 0 Å². The van der Waals surface area contributed by atoms with E-state index in [1.54, 1.807) is 17.8 Å². The van der Waals surface area contributed by atoms with E-state index in [1.165, 1.54) is 6.07 Å². The van der Waals surface area contributed by atoms with Crippen LogP contribution in [0.3, 0.4) is 0 Å². The van der Waals surface area contributed by atoms with Crippen molar-refractivity contribution in [3.63, 3.8) is 0 Å². The number of H-pyrrole nitrogens is 1. The summed E-state index contributed by atoms with van der Waals surface area (Å²) in [7, 11) is 0. The third-order valence-electron chi connectivity index (χ3n) is 2.99. The first-order valence-corrected chi connectivity index (χ1v) is 6.38. The highest BCUT2D eigenvalue weighted by molar-refractivity contribution is 7.99. The number of aromatic amines is 1. The molecule has 2 nitrogen and oxygen atoms in total. The van der Waals surface area contributed by atoms with E-state index in [1.807, 2.05) is 27.0 Å². The Bertz CT molecular complexity index is 531. The molecule has 0 saturated heterocycles. The van der Waals surface area contributed by atoms with Crippen molar-refractivity contribution < 1.29 is 4.39 Å². The number of benzene rings is 1. The lowest BCUT2D eigenvalue weighted by atomic mass is 9.98. The maximum Gasteiger partial charge on any atom is 0.129 e. The quantitative estimate of drug-likeness (QED) is 0.865. The molecule has 1 aromatic heterocycles. The zero-order chi connectivity index (χ0) is 11.9. The Kier molecular flexibility index (Phi) is 2.70. The Hall–Kier alpha value is -1.03. The topological polar surface area (TPSA) is 28.7 Å². The van der Waals surface area contributed by atoms with E-state index >= 15 is 0 Å². The first-order valence-electron chi connectivity index (χ1n) is 5.16. The molecule has 0 atom stereocenters. The SMILES string of the molecule is CSC(C)(C)c1c(F)ccc2c(C)n[nH]c12. The molecule has 0 spiro atoms. The molecular formula is C12H15FN2S. The molecule has 1 N–H and O–H groups in total. The summed E-state index contributed by atoms with van der Waals surface area (Å²) in [5, 5.41) is 8.08. The van der Waals surface area contributed by atoms with Gasteiger partial charge in [-0.05, 0) is 39.2 Å². The number of thioether (sulfide) groups is 1. The third kappa shape index (κ3) is 1.61. The monoisotopic (exact) mass is 238 g/mol. The molecule has 1 heterocycles. The lowest BCUT2D eigenvalue weighted by Gasteiger charge is -2.23. The van der Waals surface area contributed by atoms with Gasteiger partial charge < -0.3 is 0 Å². The average molecular weight is 238 g/mol. The average Bonchev–Trinajstić information content (AvgIpc) is 2.59. The minimum absolute atomic E-state index is 0.171. The minimum Gasteiger partial charge on any atom is -0.277 e. The molecule has 0 aliphatic heterocycles. The predicted octanol–water partition coefficient (Wildman–Crippen LogP) is 3.61. The van der Waals surface area contributed by atoms with E-state index in [-0.39, 0.29) is 10.6 Å². The van der Waals surface area contributed by atoms with E-state index in [0.717, 1.165) is 16.6 Å². The van der Waals surface area contributed by atoms with Crippen molar-refractivity contribution in [2.75, 3.05) is 6.26 Å². The van der Waals surface area contributed by atoms with Crippen molar-refractivity contribution in [1.82, 2.24) is 10.2 Å². The summed E-state index contributed by atoms with van der Waals surface area (Å²) in [5.74, 6) is -0.171. The molecule has 0 fully saturated rings. The van der Waals surface area contributed by atoms with Gasteiger partial charge in [-0.15, -0.1) is 0 Å². The number of hydrogen-bond donors (Lipinski definition) is 1. The number of rotatable bonds is 2. The molecule has 2 aromatic rings. The molecule has 86 valence electrons. The predicted molar refractivity (Wildman–Crippen MR) is 67.3 cm³/mol. The number of hydrogen-bond acceptors (Lipinski definition) is 2. The summed E-state index contributed by atoms with van der Waals surface area (Å²) in [6.45, 7) is 5.96. The van der Waals surface area contributed by atoms with Crippen LogP contribution in [0.15, 0.2) is 12.1 Å². The maximum atomic E-state index is 14.0. The van der Waals surface area contributed by atoms with Crippen molar-refractivity contribution in [1.29, 1.82) is 0 Å².